The zero-order valence-electron chi connectivity index (χ0n) is 10.4. The summed E-state index contributed by atoms with van der Waals surface area (Å²) in [6.45, 7) is 4.59. The summed E-state index contributed by atoms with van der Waals surface area (Å²) in [5.41, 5.74) is 2.73. The van der Waals surface area contributed by atoms with Crippen molar-refractivity contribution in [3.8, 4) is 0 Å². The van der Waals surface area contributed by atoms with E-state index >= 15 is 0 Å². The lowest BCUT2D eigenvalue weighted by atomic mass is 10.1. The van der Waals surface area contributed by atoms with E-state index in [9.17, 15) is 0 Å². The monoisotopic (exact) mass is 225 g/mol. The minimum atomic E-state index is 1.22. The average molecular weight is 225 g/mol. The molecule has 0 radical (unpaired) electrons. The van der Waals surface area contributed by atoms with Crippen LogP contribution in [0.4, 0.5) is 5.69 Å². The summed E-state index contributed by atoms with van der Waals surface area (Å²) in [6, 6.07) is 13.6. The third kappa shape index (κ3) is 2.14. The number of nitrogens with zero attached hydrogens (tertiary/aromatic N) is 1. The molecule has 1 heterocycles. The van der Waals surface area contributed by atoms with Gasteiger partial charge in [0.05, 0.1) is 0 Å². The zero-order chi connectivity index (χ0) is 11.7. The summed E-state index contributed by atoms with van der Waals surface area (Å²) < 4.78 is 0. The van der Waals surface area contributed by atoms with E-state index in [0.29, 0.717) is 0 Å². The van der Waals surface area contributed by atoms with Gasteiger partial charge in [0.15, 0.2) is 0 Å². The molecule has 0 N–H and O–H groups in total. The number of aryl methyl sites for hydroxylation is 1. The van der Waals surface area contributed by atoms with Crippen LogP contribution in [0.5, 0.6) is 0 Å². The Hall–Kier alpha value is -1.50. The van der Waals surface area contributed by atoms with Crippen molar-refractivity contribution in [3.05, 3.63) is 42.0 Å². The number of hydrogen-bond donors (Lipinski definition) is 0. The molecule has 1 fully saturated rings. The fraction of sp³-hybridized carbons (Fsp3) is 0.375. The second kappa shape index (κ2) is 4.40. The van der Waals surface area contributed by atoms with Crippen molar-refractivity contribution in [2.45, 2.75) is 26.2 Å². The van der Waals surface area contributed by atoms with E-state index < -0.39 is 0 Å². The Morgan fingerprint density at radius 2 is 1.53 bits per heavy atom. The number of benzene rings is 2. The minimum Gasteiger partial charge on any atom is -0.372 e. The summed E-state index contributed by atoms with van der Waals surface area (Å²) >= 11 is 0. The molecule has 2 aromatic rings. The molecule has 0 amide bonds. The Morgan fingerprint density at radius 3 is 2.35 bits per heavy atom. The minimum absolute atomic E-state index is 1.22. The Balaban J connectivity index is 1.98. The highest BCUT2D eigenvalue weighted by Gasteiger charge is 2.10. The highest BCUT2D eigenvalue weighted by molar-refractivity contribution is 5.86. The van der Waals surface area contributed by atoms with Crippen molar-refractivity contribution in [1.82, 2.24) is 0 Å². The summed E-state index contributed by atoms with van der Waals surface area (Å²) in [4.78, 5) is 2.52. The third-order valence-corrected chi connectivity index (χ3v) is 3.70. The first-order valence-electron chi connectivity index (χ1n) is 6.58. The maximum absolute atomic E-state index is 2.52. The van der Waals surface area contributed by atoms with Crippen LogP contribution in [0, 0.1) is 6.92 Å². The van der Waals surface area contributed by atoms with Gasteiger partial charge in [0.25, 0.3) is 0 Å². The number of anilines is 1. The van der Waals surface area contributed by atoms with Gasteiger partial charge in [-0.2, -0.15) is 0 Å². The first kappa shape index (κ1) is 10.6. The van der Waals surface area contributed by atoms with Crippen molar-refractivity contribution in [1.29, 1.82) is 0 Å². The molecule has 0 bridgehead atoms. The quantitative estimate of drug-likeness (QED) is 0.705. The van der Waals surface area contributed by atoms with Crippen molar-refractivity contribution in [2.24, 2.45) is 0 Å². The Morgan fingerprint density at radius 1 is 0.824 bits per heavy atom. The van der Waals surface area contributed by atoms with Crippen molar-refractivity contribution in [3.63, 3.8) is 0 Å². The molecule has 1 nitrogen and oxygen atoms in total. The van der Waals surface area contributed by atoms with Crippen LogP contribution >= 0.6 is 0 Å². The molecule has 1 saturated heterocycles. The van der Waals surface area contributed by atoms with Gasteiger partial charge in [0, 0.05) is 18.8 Å². The molecule has 1 heteroatoms. The smallest absolute Gasteiger partial charge is 0.0372 e. The summed E-state index contributed by atoms with van der Waals surface area (Å²) in [7, 11) is 0. The maximum atomic E-state index is 2.52. The molecule has 1 aliphatic heterocycles. The summed E-state index contributed by atoms with van der Waals surface area (Å²) in [5, 5.41) is 2.71. The summed E-state index contributed by atoms with van der Waals surface area (Å²) in [5.74, 6) is 0. The summed E-state index contributed by atoms with van der Waals surface area (Å²) in [6.07, 6.45) is 4.07. The second-order valence-electron chi connectivity index (χ2n) is 5.08. The van der Waals surface area contributed by atoms with Crippen LogP contribution in [0.1, 0.15) is 24.8 Å². The molecule has 0 spiro atoms. The fourth-order valence-corrected chi connectivity index (χ4v) is 2.70. The van der Waals surface area contributed by atoms with E-state index in [1.807, 2.05) is 0 Å². The largest absolute Gasteiger partial charge is 0.372 e. The lowest BCUT2D eigenvalue weighted by Crippen LogP contribution is -2.29. The van der Waals surface area contributed by atoms with Crippen molar-refractivity contribution >= 4 is 16.5 Å². The van der Waals surface area contributed by atoms with E-state index in [2.05, 4.69) is 48.2 Å². The normalized spacial score (nSPS) is 16.4. The van der Waals surface area contributed by atoms with Gasteiger partial charge in [-0.15, -0.1) is 0 Å². The number of piperidine rings is 1. The van der Waals surface area contributed by atoms with E-state index in [1.54, 1.807) is 0 Å². The van der Waals surface area contributed by atoms with Gasteiger partial charge in [0.2, 0.25) is 0 Å². The Bertz CT molecular complexity index is 524. The zero-order valence-corrected chi connectivity index (χ0v) is 10.4. The molecule has 88 valence electrons. The fourth-order valence-electron chi connectivity index (χ4n) is 2.70. The van der Waals surface area contributed by atoms with E-state index in [1.165, 1.54) is 54.4 Å². The van der Waals surface area contributed by atoms with Crippen LogP contribution in [0.25, 0.3) is 10.8 Å². The van der Waals surface area contributed by atoms with Gasteiger partial charge in [-0.1, -0.05) is 29.8 Å². The molecule has 1 aliphatic rings. The van der Waals surface area contributed by atoms with Gasteiger partial charge in [0.1, 0.15) is 0 Å². The predicted octanol–water partition coefficient (Wildman–Crippen LogP) is 4.14. The topological polar surface area (TPSA) is 3.24 Å². The lowest BCUT2D eigenvalue weighted by Gasteiger charge is -2.29. The van der Waals surface area contributed by atoms with Crippen LogP contribution in [-0.4, -0.2) is 13.1 Å². The SMILES string of the molecule is Cc1ccc2cc(N3CCCCC3)ccc2c1. The molecule has 0 saturated carbocycles. The number of rotatable bonds is 1. The van der Waals surface area contributed by atoms with Gasteiger partial charge < -0.3 is 4.90 Å². The van der Waals surface area contributed by atoms with E-state index in [4.69, 9.17) is 0 Å². The lowest BCUT2D eigenvalue weighted by molar-refractivity contribution is 0.578. The van der Waals surface area contributed by atoms with Gasteiger partial charge >= 0.3 is 0 Å². The molecule has 2 aromatic carbocycles. The highest BCUT2D eigenvalue weighted by Crippen LogP contribution is 2.25. The predicted molar refractivity (Wildman–Crippen MR) is 74.7 cm³/mol. The van der Waals surface area contributed by atoms with Gasteiger partial charge in [-0.3, -0.25) is 0 Å². The van der Waals surface area contributed by atoms with Crippen LogP contribution in [0.2, 0.25) is 0 Å². The van der Waals surface area contributed by atoms with Crippen LogP contribution in [-0.2, 0) is 0 Å². The molecule has 17 heavy (non-hydrogen) atoms. The second-order valence-corrected chi connectivity index (χ2v) is 5.08. The number of fused-ring (bicyclic) bond motifs is 1. The van der Waals surface area contributed by atoms with Crippen molar-refractivity contribution < 1.29 is 0 Å². The highest BCUT2D eigenvalue weighted by atomic mass is 15.1. The van der Waals surface area contributed by atoms with E-state index in [-0.39, 0.29) is 0 Å². The first-order valence-corrected chi connectivity index (χ1v) is 6.58. The molecule has 3 rings (SSSR count). The standard InChI is InChI=1S/C16H19N/c1-13-5-6-15-12-16(8-7-14(15)11-13)17-9-3-2-4-10-17/h5-8,11-12H,2-4,9-10H2,1H3. The maximum Gasteiger partial charge on any atom is 0.0372 e. The molecule has 0 aliphatic carbocycles. The average Bonchev–Trinajstić information content (AvgIpc) is 2.39. The Labute approximate surface area is 103 Å². The first-order chi connectivity index (χ1) is 8.33. The van der Waals surface area contributed by atoms with Crippen LogP contribution in [0.3, 0.4) is 0 Å². The molecule has 0 aromatic heterocycles. The molecular formula is C16H19N. The third-order valence-electron chi connectivity index (χ3n) is 3.70. The molecule has 0 unspecified atom stereocenters. The molecular weight excluding hydrogens is 206 g/mol. The number of hydrogen-bond acceptors (Lipinski definition) is 1. The van der Waals surface area contributed by atoms with Crippen LogP contribution < -0.4 is 4.90 Å². The van der Waals surface area contributed by atoms with Gasteiger partial charge in [-0.05, 0) is 49.1 Å². The van der Waals surface area contributed by atoms with Crippen LogP contribution in [0.15, 0.2) is 36.4 Å². The van der Waals surface area contributed by atoms with Crippen molar-refractivity contribution in [2.75, 3.05) is 18.0 Å². The molecule has 0 atom stereocenters. The Kier molecular flexibility index (Phi) is 2.76. The van der Waals surface area contributed by atoms with Gasteiger partial charge in [-0.25, -0.2) is 0 Å². The van der Waals surface area contributed by atoms with E-state index in [0.717, 1.165) is 0 Å².